The highest BCUT2D eigenvalue weighted by atomic mass is 19.1. The number of hydrogen-bond donors (Lipinski definition) is 0. The Kier molecular flexibility index (Phi) is 3.83. The van der Waals surface area contributed by atoms with E-state index in [0.29, 0.717) is 0 Å². The first-order chi connectivity index (χ1) is 9.45. The molecule has 2 aromatic rings. The van der Waals surface area contributed by atoms with Gasteiger partial charge in [0.25, 0.3) is 0 Å². The zero-order valence-corrected chi connectivity index (χ0v) is 11.7. The molecule has 1 aromatic heterocycles. The molecular weight excluding hydrogens is 261 g/mol. The first-order valence-electron chi connectivity index (χ1n) is 6.40. The third-order valence-electron chi connectivity index (χ3n) is 3.46. The van der Waals surface area contributed by atoms with Crippen LogP contribution in [0, 0.1) is 29.8 Å². The van der Waals surface area contributed by atoms with Crippen molar-refractivity contribution in [1.29, 1.82) is 0 Å². The van der Waals surface area contributed by atoms with Gasteiger partial charge in [0.1, 0.15) is 0 Å². The highest BCUT2D eigenvalue weighted by molar-refractivity contribution is 5.37. The van der Waals surface area contributed by atoms with Gasteiger partial charge in [0.15, 0.2) is 0 Å². The van der Waals surface area contributed by atoms with Crippen LogP contribution in [0.5, 0.6) is 0 Å². The van der Waals surface area contributed by atoms with Crippen LogP contribution in [-0.2, 0) is 13.0 Å². The Morgan fingerprint density at radius 1 is 1.40 bits per heavy atom. The SMILES string of the molecule is CCc1c(C)nn(Cc2cccc([N+](=O)[O-])c2F)c1C. The molecule has 20 heavy (non-hydrogen) atoms. The maximum Gasteiger partial charge on any atom is 0.305 e. The largest absolute Gasteiger partial charge is 0.305 e. The maximum atomic E-state index is 14.0. The van der Waals surface area contributed by atoms with Crippen molar-refractivity contribution in [2.75, 3.05) is 0 Å². The molecule has 0 saturated heterocycles. The predicted molar refractivity (Wildman–Crippen MR) is 73.2 cm³/mol. The molecule has 106 valence electrons. The van der Waals surface area contributed by atoms with Gasteiger partial charge >= 0.3 is 5.69 Å². The molecule has 1 aromatic carbocycles. The van der Waals surface area contributed by atoms with Gasteiger partial charge in [-0.2, -0.15) is 9.49 Å². The summed E-state index contributed by atoms with van der Waals surface area (Å²) in [5.74, 6) is -0.789. The van der Waals surface area contributed by atoms with Crippen molar-refractivity contribution in [3.8, 4) is 0 Å². The van der Waals surface area contributed by atoms with E-state index in [-0.39, 0.29) is 12.1 Å². The fraction of sp³-hybridized carbons (Fsp3) is 0.357. The molecule has 1 heterocycles. The van der Waals surface area contributed by atoms with E-state index in [0.717, 1.165) is 29.4 Å². The topological polar surface area (TPSA) is 61.0 Å². The van der Waals surface area contributed by atoms with Gasteiger partial charge in [0.05, 0.1) is 17.2 Å². The van der Waals surface area contributed by atoms with Gasteiger partial charge in [0, 0.05) is 17.3 Å². The van der Waals surface area contributed by atoms with Crippen LogP contribution in [0.4, 0.5) is 10.1 Å². The van der Waals surface area contributed by atoms with Crippen LogP contribution in [0.1, 0.15) is 29.4 Å². The van der Waals surface area contributed by atoms with Crippen molar-refractivity contribution in [2.45, 2.75) is 33.7 Å². The number of nitrogens with zero attached hydrogens (tertiary/aromatic N) is 3. The summed E-state index contributed by atoms with van der Waals surface area (Å²) in [5.41, 5.74) is 2.79. The molecule has 0 spiro atoms. The number of nitro groups is 1. The van der Waals surface area contributed by atoms with Crippen molar-refractivity contribution in [3.63, 3.8) is 0 Å². The molecular formula is C14H16FN3O2. The van der Waals surface area contributed by atoms with Gasteiger partial charge in [-0.25, -0.2) is 0 Å². The van der Waals surface area contributed by atoms with E-state index in [1.807, 2.05) is 20.8 Å². The molecule has 0 aliphatic rings. The molecule has 0 atom stereocenters. The fourth-order valence-electron chi connectivity index (χ4n) is 2.39. The number of hydrogen-bond acceptors (Lipinski definition) is 3. The number of benzene rings is 1. The van der Waals surface area contributed by atoms with Gasteiger partial charge in [-0.3, -0.25) is 14.8 Å². The summed E-state index contributed by atoms with van der Waals surface area (Å²) in [6.45, 7) is 6.07. The van der Waals surface area contributed by atoms with Crippen molar-refractivity contribution < 1.29 is 9.31 Å². The molecule has 6 heteroatoms. The standard InChI is InChI=1S/C14H16FN3O2/c1-4-12-9(2)16-17(10(12)3)8-11-6-5-7-13(14(11)15)18(19)20/h5-7H,4,8H2,1-3H3. The Labute approximate surface area is 116 Å². The second-order valence-corrected chi connectivity index (χ2v) is 4.67. The summed E-state index contributed by atoms with van der Waals surface area (Å²) in [6, 6.07) is 4.20. The van der Waals surface area contributed by atoms with E-state index in [4.69, 9.17) is 0 Å². The van der Waals surface area contributed by atoms with Crippen LogP contribution in [-0.4, -0.2) is 14.7 Å². The number of halogens is 1. The van der Waals surface area contributed by atoms with E-state index in [1.54, 1.807) is 10.7 Å². The molecule has 0 bridgehead atoms. The van der Waals surface area contributed by atoms with Crippen molar-refractivity contribution in [2.24, 2.45) is 0 Å². The Morgan fingerprint density at radius 2 is 2.10 bits per heavy atom. The summed E-state index contributed by atoms with van der Waals surface area (Å²) in [6.07, 6.45) is 0.856. The molecule has 0 aliphatic heterocycles. The van der Waals surface area contributed by atoms with E-state index in [2.05, 4.69) is 5.10 Å². The molecule has 0 fully saturated rings. The summed E-state index contributed by atoms with van der Waals surface area (Å²) in [4.78, 5) is 10.0. The smallest absolute Gasteiger partial charge is 0.265 e. The first kappa shape index (κ1) is 14.2. The van der Waals surface area contributed by atoms with E-state index in [1.165, 1.54) is 6.07 Å². The molecule has 0 N–H and O–H groups in total. The van der Waals surface area contributed by atoms with E-state index in [9.17, 15) is 14.5 Å². The van der Waals surface area contributed by atoms with Gasteiger partial charge in [-0.1, -0.05) is 19.1 Å². The molecule has 5 nitrogen and oxygen atoms in total. The van der Waals surface area contributed by atoms with Crippen LogP contribution in [0.15, 0.2) is 18.2 Å². The lowest BCUT2D eigenvalue weighted by Crippen LogP contribution is -2.07. The average molecular weight is 277 g/mol. The molecule has 0 amide bonds. The lowest BCUT2D eigenvalue weighted by Gasteiger charge is -2.06. The third-order valence-corrected chi connectivity index (χ3v) is 3.46. The second-order valence-electron chi connectivity index (χ2n) is 4.67. The normalized spacial score (nSPS) is 10.8. The minimum absolute atomic E-state index is 0.195. The molecule has 2 rings (SSSR count). The second kappa shape index (κ2) is 5.40. The average Bonchev–Trinajstić information content (AvgIpc) is 2.66. The molecule has 0 aliphatic carbocycles. The minimum Gasteiger partial charge on any atom is -0.265 e. The Balaban J connectivity index is 2.41. The highest BCUT2D eigenvalue weighted by Crippen LogP contribution is 2.22. The fourth-order valence-corrected chi connectivity index (χ4v) is 2.39. The van der Waals surface area contributed by atoms with Gasteiger partial charge in [0.2, 0.25) is 5.82 Å². The third kappa shape index (κ3) is 2.41. The van der Waals surface area contributed by atoms with E-state index < -0.39 is 16.4 Å². The molecule has 0 radical (unpaired) electrons. The highest BCUT2D eigenvalue weighted by Gasteiger charge is 2.18. The monoisotopic (exact) mass is 277 g/mol. The minimum atomic E-state index is -0.789. The molecule has 0 unspecified atom stereocenters. The lowest BCUT2D eigenvalue weighted by atomic mass is 10.1. The Hall–Kier alpha value is -2.24. The van der Waals surface area contributed by atoms with Gasteiger partial charge in [-0.05, 0) is 25.8 Å². The quantitative estimate of drug-likeness (QED) is 0.637. The van der Waals surface area contributed by atoms with Crippen LogP contribution in [0.25, 0.3) is 0 Å². The maximum absolute atomic E-state index is 14.0. The van der Waals surface area contributed by atoms with Crippen molar-refractivity contribution >= 4 is 5.69 Å². The predicted octanol–water partition coefficient (Wildman–Crippen LogP) is 3.16. The Bertz CT molecular complexity index is 665. The van der Waals surface area contributed by atoms with Crippen LogP contribution >= 0.6 is 0 Å². The zero-order valence-electron chi connectivity index (χ0n) is 11.7. The number of nitro benzene ring substituents is 1. The Morgan fingerprint density at radius 3 is 2.65 bits per heavy atom. The summed E-state index contributed by atoms with van der Waals surface area (Å²) < 4.78 is 15.7. The zero-order chi connectivity index (χ0) is 14.9. The first-order valence-corrected chi connectivity index (χ1v) is 6.40. The number of aromatic nitrogens is 2. The number of aryl methyl sites for hydroxylation is 1. The van der Waals surface area contributed by atoms with Crippen molar-refractivity contribution in [3.05, 3.63) is 56.6 Å². The van der Waals surface area contributed by atoms with Gasteiger partial charge in [-0.15, -0.1) is 0 Å². The van der Waals surface area contributed by atoms with Crippen LogP contribution in [0.3, 0.4) is 0 Å². The molecule has 0 saturated carbocycles. The summed E-state index contributed by atoms with van der Waals surface area (Å²) in [5, 5.41) is 15.1. The van der Waals surface area contributed by atoms with E-state index >= 15 is 0 Å². The van der Waals surface area contributed by atoms with Crippen LogP contribution in [0.2, 0.25) is 0 Å². The summed E-state index contributed by atoms with van der Waals surface area (Å²) >= 11 is 0. The number of rotatable bonds is 4. The van der Waals surface area contributed by atoms with Gasteiger partial charge < -0.3 is 0 Å². The summed E-state index contributed by atoms with van der Waals surface area (Å²) in [7, 11) is 0. The lowest BCUT2D eigenvalue weighted by molar-refractivity contribution is -0.387. The van der Waals surface area contributed by atoms with Crippen molar-refractivity contribution in [1.82, 2.24) is 9.78 Å². The van der Waals surface area contributed by atoms with Crippen LogP contribution < -0.4 is 0 Å².